The molecule has 3 aromatic rings. The first-order valence-electron chi connectivity index (χ1n) is 11.4. The molecule has 1 saturated heterocycles. The minimum absolute atomic E-state index is 0.00742. The predicted octanol–water partition coefficient (Wildman–Crippen LogP) is 5.11. The number of halogens is 1. The van der Waals surface area contributed by atoms with Crippen LogP contribution in [0.15, 0.2) is 42.7 Å². The van der Waals surface area contributed by atoms with Crippen LogP contribution in [0.4, 0.5) is 21.8 Å². The van der Waals surface area contributed by atoms with Gasteiger partial charge in [-0.15, -0.1) is 0 Å². The molecule has 0 aliphatic carbocycles. The number of nitrogens with zero attached hydrogens (tertiary/aromatic N) is 4. The Morgan fingerprint density at radius 1 is 1.12 bits per heavy atom. The van der Waals surface area contributed by atoms with Crippen LogP contribution < -0.4 is 15.4 Å². The van der Waals surface area contributed by atoms with E-state index in [2.05, 4.69) is 64.8 Å². The summed E-state index contributed by atoms with van der Waals surface area (Å²) in [6.07, 6.45) is 5.02. The van der Waals surface area contributed by atoms with Gasteiger partial charge in [-0.2, -0.15) is 4.98 Å². The van der Waals surface area contributed by atoms with Crippen molar-refractivity contribution in [2.24, 2.45) is 0 Å². The molecule has 2 aromatic heterocycles. The highest BCUT2D eigenvalue weighted by Crippen LogP contribution is 2.38. The van der Waals surface area contributed by atoms with E-state index >= 15 is 0 Å². The fourth-order valence-corrected chi connectivity index (χ4v) is 5.15. The quantitative estimate of drug-likeness (QED) is 0.576. The molecule has 8 heteroatoms. The molecule has 0 spiro atoms. The Kier molecular flexibility index (Phi) is 5.08. The monoisotopic (exact) mass is 450 g/mol. The van der Waals surface area contributed by atoms with Crippen molar-refractivity contribution in [3.63, 3.8) is 0 Å². The van der Waals surface area contributed by atoms with Crippen LogP contribution >= 0.6 is 0 Å². The van der Waals surface area contributed by atoms with E-state index in [4.69, 9.17) is 4.74 Å². The molecule has 1 fully saturated rings. The lowest BCUT2D eigenvalue weighted by Gasteiger charge is -2.53. The number of benzene rings is 1. The summed E-state index contributed by atoms with van der Waals surface area (Å²) in [5, 5.41) is 6.57. The Labute approximate surface area is 194 Å². The molecule has 174 valence electrons. The fraction of sp³-hybridized carbons (Fsp3) is 0.440. The zero-order chi connectivity index (χ0) is 23.4. The molecule has 5 rings (SSSR count). The molecule has 4 heterocycles. The summed E-state index contributed by atoms with van der Waals surface area (Å²) < 4.78 is 22.6. The van der Waals surface area contributed by atoms with E-state index in [1.807, 2.05) is 36.5 Å². The highest BCUT2D eigenvalue weighted by molar-refractivity contribution is 5.64. The lowest BCUT2D eigenvalue weighted by Crippen LogP contribution is -2.61. The third-order valence-electron chi connectivity index (χ3n) is 7.08. The first-order chi connectivity index (χ1) is 15.6. The van der Waals surface area contributed by atoms with E-state index in [9.17, 15) is 4.39 Å². The van der Waals surface area contributed by atoms with Gasteiger partial charge in [-0.1, -0.05) is 0 Å². The summed E-state index contributed by atoms with van der Waals surface area (Å²) in [4.78, 5) is 11.0. The van der Waals surface area contributed by atoms with Crippen molar-refractivity contribution in [3.8, 4) is 11.4 Å². The van der Waals surface area contributed by atoms with E-state index in [0.717, 1.165) is 35.7 Å². The number of likely N-dealkylation sites (tertiary alicyclic amines) is 1. The summed E-state index contributed by atoms with van der Waals surface area (Å²) in [6.45, 7) is 9.45. The zero-order valence-corrected chi connectivity index (χ0v) is 19.8. The molecule has 2 N–H and O–H groups in total. The second-order valence-corrected chi connectivity index (χ2v) is 10.3. The van der Waals surface area contributed by atoms with Crippen molar-refractivity contribution in [2.75, 3.05) is 17.7 Å². The third-order valence-corrected chi connectivity index (χ3v) is 7.08. The molecule has 2 aliphatic rings. The number of nitrogens with one attached hydrogen (secondary N) is 2. The van der Waals surface area contributed by atoms with Crippen molar-refractivity contribution in [1.29, 1.82) is 0 Å². The molecule has 0 saturated carbocycles. The van der Waals surface area contributed by atoms with Gasteiger partial charge in [-0.25, -0.2) is 9.37 Å². The molecular weight excluding hydrogens is 419 g/mol. The van der Waals surface area contributed by atoms with Gasteiger partial charge in [-0.3, -0.25) is 4.90 Å². The molecule has 7 nitrogen and oxygen atoms in total. The van der Waals surface area contributed by atoms with Crippen LogP contribution in [0.5, 0.6) is 5.75 Å². The van der Waals surface area contributed by atoms with E-state index in [1.54, 1.807) is 0 Å². The van der Waals surface area contributed by atoms with E-state index in [-0.39, 0.29) is 22.9 Å². The van der Waals surface area contributed by atoms with Gasteiger partial charge >= 0.3 is 0 Å². The topological polar surface area (TPSA) is 67.2 Å². The lowest BCUT2D eigenvalue weighted by molar-refractivity contribution is -0.00778. The van der Waals surface area contributed by atoms with Crippen LogP contribution in [0, 0.1) is 5.82 Å². The predicted molar refractivity (Wildman–Crippen MR) is 128 cm³/mol. The summed E-state index contributed by atoms with van der Waals surface area (Å²) >= 11 is 0. The number of rotatable bonds is 4. The van der Waals surface area contributed by atoms with Crippen LogP contribution in [-0.4, -0.2) is 43.6 Å². The van der Waals surface area contributed by atoms with Crippen LogP contribution in [-0.2, 0) is 6.61 Å². The minimum Gasteiger partial charge on any atom is -0.485 e. The standard InChI is InChI=1S/C25H31FN6O/c1-24(2)12-17(13-25(3,4)31(24)5)28-22-19(26)14-27-23(30-22)29-16-8-9-21-20(11-16)32-10-6-7-18(32)15-33-21/h6-11,14,17H,12-13,15H2,1-5H3,(H2,27,28,29,30). The van der Waals surface area contributed by atoms with Crippen molar-refractivity contribution in [2.45, 2.75) is 64.3 Å². The van der Waals surface area contributed by atoms with Crippen molar-refractivity contribution in [3.05, 3.63) is 54.2 Å². The molecule has 0 radical (unpaired) electrons. The number of aromatic nitrogens is 3. The minimum atomic E-state index is -0.453. The molecule has 2 aliphatic heterocycles. The number of piperidine rings is 1. The van der Waals surface area contributed by atoms with Gasteiger partial charge < -0.3 is 19.9 Å². The van der Waals surface area contributed by atoms with Gasteiger partial charge in [0.2, 0.25) is 5.95 Å². The second kappa shape index (κ2) is 7.73. The summed E-state index contributed by atoms with van der Waals surface area (Å²) in [5.74, 6) is 0.933. The van der Waals surface area contributed by atoms with E-state index < -0.39 is 5.82 Å². The van der Waals surface area contributed by atoms with Crippen LogP contribution in [0.25, 0.3) is 5.69 Å². The number of anilines is 3. The van der Waals surface area contributed by atoms with Crippen molar-refractivity contribution < 1.29 is 9.13 Å². The maximum Gasteiger partial charge on any atom is 0.229 e. The van der Waals surface area contributed by atoms with Crippen LogP contribution in [0.3, 0.4) is 0 Å². The molecule has 0 bridgehead atoms. The number of ether oxygens (including phenoxy) is 1. The lowest BCUT2D eigenvalue weighted by atomic mass is 9.77. The largest absolute Gasteiger partial charge is 0.485 e. The average Bonchev–Trinajstić information content (AvgIpc) is 3.23. The van der Waals surface area contributed by atoms with Gasteiger partial charge in [0, 0.05) is 29.0 Å². The number of fused-ring (bicyclic) bond motifs is 3. The van der Waals surface area contributed by atoms with Gasteiger partial charge in [0.15, 0.2) is 11.6 Å². The fourth-order valence-electron chi connectivity index (χ4n) is 5.15. The summed E-state index contributed by atoms with van der Waals surface area (Å²) in [7, 11) is 2.16. The molecule has 0 unspecified atom stereocenters. The SMILES string of the molecule is CN1C(C)(C)CC(Nc2nc(Nc3ccc4c(c3)-n3cccc3CO4)ncc2F)CC1(C)C. The summed E-state index contributed by atoms with van der Waals surface area (Å²) in [5.41, 5.74) is 2.83. The Hall–Kier alpha value is -3.13. The summed E-state index contributed by atoms with van der Waals surface area (Å²) in [6, 6.07) is 9.97. The third kappa shape index (κ3) is 4.04. The molecule has 0 atom stereocenters. The van der Waals surface area contributed by atoms with Gasteiger partial charge in [0.05, 0.1) is 17.6 Å². The molecule has 0 amide bonds. The molecule has 1 aromatic carbocycles. The Balaban J connectivity index is 1.37. The highest BCUT2D eigenvalue weighted by atomic mass is 19.1. The first kappa shape index (κ1) is 21.7. The average molecular weight is 451 g/mol. The maximum absolute atomic E-state index is 14.6. The van der Waals surface area contributed by atoms with E-state index in [0.29, 0.717) is 12.6 Å². The molecule has 33 heavy (non-hydrogen) atoms. The number of hydrogen-bond acceptors (Lipinski definition) is 6. The maximum atomic E-state index is 14.6. The Bertz CT molecular complexity index is 1170. The molecular formula is C25H31FN6O. The second-order valence-electron chi connectivity index (χ2n) is 10.3. The van der Waals surface area contributed by atoms with Crippen molar-refractivity contribution in [1.82, 2.24) is 19.4 Å². The number of hydrogen-bond donors (Lipinski definition) is 2. The van der Waals surface area contributed by atoms with Crippen molar-refractivity contribution >= 4 is 17.5 Å². The first-order valence-corrected chi connectivity index (χ1v) is 11.4. The Morgan fingerprint density at radius 3 is 2.64 bits per heavy atom. The van der Waals surface area contributed by atoms with E-state index in [1.165, 1.54) is 6.20 Å². The highest BCUT2D eigenvalue weighted by Gasteiger charge is 2.43. The van der Waals surface area contributed by atoms with Gasteiger partial charge in [0.1, 0.15) is 12.4 Å². The zero-order valence-electron chi connectivity index (χ0n) is 19.8. The van der Waals surface area contributed by atoms with Crippen LogP contribution in [0.2, 0.25) is 0 Å². The normalized spacial score (nSPS) is 19.3. The smallest absolute Gasteiger partial charge is 0.229 e. The Morgan fingerprint density at radius 2 is 1.88 bits per heavy atom. The van der Waals surface area contributed by atoms with Gasteiger partial charge in [-0.05, 0) is 77.9 Å². The van der Waals surface area contributed by atoms with Crippen LogP contribution in [0.1, 0.15) is 46.2 Å². The van der Waals surface area contributed by atoms with Gasteiger partial charge in [0.25, 0.3) is 0 Å².